The molecule has 2 heterocycles. The van der Waals surface area contributed by atoms with Crippen molar-refractivity contribution in [3.63, 3.8) is 0 Å². The van der Waals surface area contributed by atoms with Crippen LogP contribution in [0, 0.1) is 0 Å². The van der Waals surface area contributed by atoms with Gasteiger partial charge in [0.1, 0.15) is 0 Å². The van der Waals surface area contributed by atoms with Crippen LogP contribution in [0.5, 0.6) is 0 Å². The summed E-state index contributed by atoms with van der Waals surface area (Å²) in [7, 11) is -2.51. The summed E-state index contributed by atoms with van der Waals surface area (Å²) in [5, 5.41) is 0.150. The Balaban J connectivity index is 2.31. The highest BCUT2D eigenvalue weighted by atomic mass is 35.7. The molecular formula is C13H9ClN2O4S2. The Labute approximate surface area is 131 Å². The van der Waals surface area contributed by atoms with Gasteiger partial charge in [-0.25, -0.2) is 25.8 Å². The van der Waals surface area contributed by atoms with E-state index < -0.39 is 19.1 Å². The molecule has 0 N–H and O–H groups in total. The molecule has 6 nitrogen and oxygen atoms in total. The Morgan fingerprint density at radius 2 is 1.64 bits per heavy atom. The predicted molar refractivity (Wildman–Crippen MR) is 81.8 cm³/mol. The Hall–Kier alpha value is -1.90. The monoisotopic (exact) mass is 356 g/mol. The van der Waals surface area contributed by atoms with E-state index in [1.807, 2.05) is 0 Å². The number of pyridine rings is 1. The lowest BCUT2D eigenvalue weighted by atomic mass is 10.3. The first-order chi connectivity index (χ1) is 10.3. The second kappa shape index (κ2) is 5.08. The Kier molecular flexibility index (Phi) is 3.47. The first kappa shape index (κ1) is 15.0. The number of rotatable bonds is 3. The largest absolute Gasteiger partial charge is 0.269 e. The quantitative estimate of drug-likeness (QED) is 0.671. The lowest BCUT2D eigenvalue weighted by Crippen LogP contribution is -2.12. The molecule has 0 saturated heterocycles. The van der Waals surface area contributed by atoms with Gasteiger partial charge in [-0.3, -0.25) is 0 Å². The number of halogens is 1. The average Bonchev–Trinajstić information content (AvgIpc) is 2.91. The van der Waals surface area contributed by atoms with Crippen molar-refractivity contribution in [1.82, 2.24) is 8.96 Å². The van der Waals surface area contributed by atoms with Crippen LogP contribution in [0.4, 0.5) is 0 Å². The molecule has 0 radical (unpaired) electrons. The fourth-order valence-corrected chi connectivity index (χ4v) is 4.47. The molecule has 0 amide bonds. The van der Waals surface area contributed by atoms with Gasteiger partial charge in [-0.1, -0.05) is 18.2 Å². The zero-order valence-electron chi connectivity index (χ0n) is 10.9. The summed E-state index contributed by atoms with van der Waals surface area (Å²) in [4.78, 5) is 3.87. The van der Waals surface area contributed by atoms with E-state index in [0.717, 1.165) is 3.97 Å². The molecule has 0 bridgehead atoms. The first-order valence-corrected chi connectivity index (χ1v) is 9.78. The average molecular weight is 357 g/mol. The van der Waals surface area contributed by atoms with Gasteiger partial charge >= 0.3 is 0 Å². The third kappa shape index (κ3) is 2.39. The van der Waals surface area contributed by atoms with E-state index in [1.54, 1.807) is 18.2 Å². The molecule has 22 heavy (non-hydrogen) atoms. The summed E-state index contributed by atoms with van der Waals surface area (Å²) in [6, 6.07) is 10.4. The van der Waals surface area contributed by atoms with E-state index in [9.17, 15) is 16.8 Å². The van der Waals surface area contributed by atoms with Crippen molar-refractivity contribution >= 4 is 40.8 Å². The van der Waals surface area contributed by atoms with Gasteiger partial charge in [-0.15, -0.1) is 0 Å². The zero-order valence-corrected chi connectivity index (χ0v) is 13.3. The topological polar surface area (TPSA) is 86.1 Å². The molecule has 2 aromatic heterocycles. The molecule has 0 spiro atoms. The van der Waals surface area contributed by atoms with Crippen molar-refractivity contribution in [1.29, 1.82) is 0 Å². The first-order valence-electron chi connectivity index (χ1n) is 6.03. The molecule has 114 valence electrons. The van der Waals surface area contributed by atoms with Gasteiger partial charge in [0.05, 0.1) is 9.79 Å². The van der Waals surface area contributed by atoms with Crippen LogP contribution in [0.3, 0.4) is 0 Å². The summed E-state index contributed by atoms with van der Waals surface area (Å²) in [5.74, 6) is 0. The lowest BCUT2D eigenvalue weighted by molar-refractivity contribution is 0.588. The van der Waals surface area contributed by atoms with Crippen LogP contribution >= 0.6 is 10.7 Å². The molecule has 3 rings (SSSR count). The van der Waals surface area contributed by atoms with Gasteiger partial charge in [0, 0.05) is 28.5 Å². The minimum atomic E-state index is -4.00. The van der Waals surface area contributed by atoms with Crippen LogP contribution in [0.2, 0.25) is 0 Å². The number of hydrogen-bond donors (Lipinski definition) is 0. The summed E-state index contributed by atoms with van der Waals surface area (Å²) in [6.45, 7) is 0. The van der Waals surface area contributed by atoms with Crippen LogP contribution in [0.15, 0.2) is 64.6 Å². The standard InChI is InChI=1S/C13H9ClN2O4S2/c14-21(17,18)12-6-8-15-13-11(12)7-9-16(13)22(19,20)10-4-2-1-3-5-10/h1-9H. The second-order valence-corrected chi connectivity index (χ2v) is 8.76. The Bertz CT molecular complexity index is 1060. The van der Waals surface area contributed by atoms with Gasteiger partial charge in [-0.05, 0) is 24.3 Å². The summed E-state index contributed by atoms with van der Waals surface area (Å²) < 4.78 is 49.3. The van der Waals surface area contributed by atoms with Crippen molar-refractivity contribution < 1.29 is 16.8 Å². The Morgan fingerprint density at radius 3 is 2.27 bits per heavy atom. The highest BCUT2D eigenvalue weighted by molar-refractivity contribution is 8.14. The van der Waals surface area contributed by atoms with Crippen LogP contribution in [-0.2, 0) is 19.1 Å². The van der Waals surface area contributed by atoms with Crippen LogP contribution < -0.4 is 0 Å². The second-order valence-electron chi connectivity index (χ2n) is 4.41. The molecule has 0 saturated carbocycles. The van der Waals surface area contributed by atoms with Crippen molar-refractivity contribution in [3.05, 3.63) is 54.9 Å². The number of aromatic nitrogens is 2. The molecule has 0 aliphatic carbocycles. The normalized spacial score (nSPS) is 12.6. The molecular weight excluding hydrogens is 348 g/mol. The van der Waals surface area contributed by atoms with Crippen LogP contribution in [-0.4, -0.2) is 25.8 Å². The van der Waals surface area contributed by atoms with Crippen molar-refractivity contribution in [3.8, 4) is 0 Å². The molecule has 0 aliphatic rings. The van der Waals surface area contributed by atoms with Crippen molar-refractivity contribution in [2.75, 3.05) is 0 Å². The number of benzene rings is 1. The minimum absolute atomic E-state index is 0.00516. The fourth-order valence-electron chi connectivity index (χ4n) is 2.10. The van der Waals surface area contributed by atoms with E-state index in [1.165, 1.54) is 36.7 Å². The molecule has 3 aromatic rings. The number of hydrogen-bond acceptors (Lipinski definition) is 5. The minimum Gasteiger partial charge on any atom is -0.237 e. The predicted octanol–water partition coefficient (Wildman–Crippen LogP) is 2.20. The molecule has 0 fully saturated rings. The number of nitrogens with zero attached hydrogens (tertiary/aromatic N) is 2. The summed E-state index contributed by atoms with van der Waals surface area (Å²) >= 11 is 0. The van der Waals surface area contributed by atoms with E-state index in [0.29, 0.717) is 0 Å². The summed E-state index contributed by atoms with van der Waals surface area (Å²) in [6.07, 6.45) is 2.46. The van der Waals surface area contributed by atoms with Gasteiger partial charge in [0.15, 0.2) is 5.65 Å². The van der Waals surface area contributed by atoms with Gasteiger partial charge in [-0.2, -0.15) is 0 Å². The Morgan fingerprint density at radius 1 is 0.955 bits per heavy atom. The molecule has 0 aliphatic heterocycles. The van der Waals surface area contributed by atoms with Crippen LogP contribution in [0.25, 0.3) is 11.0 Å². The number of fused-ring (bicyclic) bond motifs is 1. The SMILES string of the molecule is O=S(=O)(Cl)c1ccnc2c1ccn2S(=O)(=O)c1ccccc1. The van der Waals surface area contributed by atoms with Gasteiger partial charge in [0.2, 0.25) is 0 Å². The maximum Gasteiger partial charge on any atom is 0.269 e. The van der Waals surface area contributed by atoms with E-state index >= 15 is 0 Å². The van der Waals surface area contributed by atoms with Crippen LogP contribution in [0.1, 0.15) is 0 Å². The smallest absolute Gasteiger partial charge is 0.237 e. The maximum absolute atomic E-state index is 12.6. The molecule has 0 atom stereocenters. The van der Waals surface area contributed by atoms with E-state index in [-0.39, 0.29) is 20.8 Å². The lowest BCUT2D eigenvalue weighted by Gasteiger charge is -2.07. The third-order valence-corrected chi connectivity index (χ3v) is 6.14. The molecule has 9 heteroatoms. The van der Waals surface area contributed by atoms with E-state index in [2.05, 4.69) is 4.98 Å². The fraction of sp³-hybridized carbons (Fsp3) is 0. The van der Waals surface area contributed by atoms with Gasteiger partial charge in [0.25, 0.3) is 19.1 Å². The summed E-state index contributed by atoms with van der Waals surface area (Å²) in [5.41, 5.74) is 0.00516. The third-order valence-electron chi connectivity index (χ3n) is 3.08. The van der Waals surface area contributed by atoms with Crippen molar-refractivity contribution in [2.45, 2.75) is 9.79 Å². The maximum atomic E-state index is 12.6. The highest BCUT2D eigenvalue weighted by Crippen LogP contribution is 2.27. The highest BCUT2D eigenvalue weighted by Gasteiger charge is 2.23. The van der Waals surface area contributed by atoms with E-state index in [4.69, 9.17) is 10.7 Å². The zero-order chi connectivity index (χ0) is 16.0. The van der Waals surface area contributed by atoms with Crippen molar-refractivity contribution in [2.24, 2.45) is 0 Å². The molecule has 1 aromatic carbocycles. The van der Waals surface area contributed by atoms with Gasteiger partial charge < -0.3 is 0 Å². The molecule has 0 unspecified atom stereocenters.